The van der Waals surface area contributed by atoms with Gasteiger partial charge in [0.15, 0.2) is 0 Å². The van der Waals surface area contributed by atoms with Crippen LogP contribution in [0.3, 0.4) is 0 Å². The van der Waals surface area contributed by atoms with Crippen molar-refractivity contribution in [2.45, 2.75) is 17.7 Å². The molecule has 0 radical (unpaired) electrons. The summed E-state index contributed by atoms with van der Waals surface area (Å²) in [5.41, 5.74) is 0. The first-order valence-electron chi connectivity index (χ1n) is 5.94. The van der Waals surface area contributed by atoms with E-state index >= 15 is 0 Å². The molecule has 0 unspecified atom stereocenters. The lowest BCUT2D eigenvalue weighted by molar-refractivity contribution is 0.424. The van der Waals surface area contributed by atoms with E-state index in [4.69, 9.17) is 6.42 Å². The van der Waals surface area contributed by atoms with Crippen LogP contribution in [0.5, 0.6) is 0 Å². The Kier molecular flexibility index (Phi) is 4.47. The van der Waals surface area contributed by atoms with Crippen molar-refractivity contribution >= 4 is 26.0 Å². The first kappa shape index (κ1) is 15.4. The maximum absolute atomic E-state index is 13.8. The largest absolute Gasteiger partial charge is 0.248 e. The molecular weight excluding hydrogens is 352 g/mol. The topological polar surface area (TPSA) is 37.4 Å². The normalized spacial score (nSPS) is 15.3. The number of rotatable bonds is 5. The highest BCUT2D eigenvalue weighted by molar-refractivity contribution is 9.10. The molecule has 0 saturated heterocycles. The zero-order valence-corrected chi connectivity index (χ0v) is 12.8. The first-order chi connectivity index (χ1) is 9.36. The van der Waals surface area contributed by atoms with Crippen molar-refractivity contribution in [2.75, 3.05) is 13.1 Å². The average molecular weight is 364 g/mol. The molecule has 108 valence electrons. The third kappa shape index (κ3) is 3.19. The van der Waals surface area contributed by atoms with Crippen LogP contribution in [-0.4, -0.2) is 25.8 Å². The number of hydrogen-bond donors (Lipinski definition) is 0. The molecule has 0 bridgehead atoms. The summed E-state index contributed by atoms with van der Waals surface area (Å²) < 4.78 is 52.8. The second-order valence-electron chi connectivity index (χ2n) is 4.64. The Morgan fingerprint density at radius 1 is 1.40 bits per heavy atom. The molecule has 1 aromatic rings. The SMILES string of the molecule is C#CCN(CC1CC1)S(=O)(=O)c1c(F)cc(F)cc1Br. The summed E-state index contributed by atoms with van der Waals surface area (Å²) in [4.78, 5) is -0.574. The van der Waals surface area contributed by atoms with Gasteiger partial charge < -0.3 is 0 Å². The second-order valence-corrected chi connectivity index (χ2v) is 7.37. The van der Waals surface area contributed by atoms with Gasteiger partial charge in [0.2, 0.25) is 10.0 Å². The summed E-state index contributed by atoms with van der Waals surface area (Å²) >= 11 is 2.90. The van der Waals surface area contributed by atoms with Gasteiger partial charge in [0.05, 0.1) is 6.54 Å². The Balaban J connectivity index is 2.44. The maximum atomic E-state index is 13.8. The summed E-state index contributed by atoms with van der Waals surface area (Å²) in [6, 6.07) is 1.46. The fourth-order valence-electron chi connectivity index (χ4n) is 1.84. The second kappa shape index (κ2) is 5.80. The highest BCUT2D eigenvalue weighted by Gasteiger charge is 2.34. The van der Waals surface area contributed by atoms with Gasteiger partial charge in [-0.2, -0.15) is 4.31 Å². The van der Waals surface area contributed by atoms with Gasteiger partial charge in [-0.1, -0.05) is 5.92 Å². The van der Waals surface area contributed by atoms with Crippen molar-refractivity contribution in [2.24, 2.45) is 5.92 Å². The molecule has 0 spiro atoms. The smallest absolute Gasteiger partial charge is 0.207 e. The molecule has 1 fully saturated rings. The van der Waals surface area contributed by atoms with E-state index in [1.165, 1.54) is 0 Å². The monoisotopic (exact) mass is 363 g/mol. The molecule has 0 heterocycles. The highest BCUT2D eigenvalue weighted by atomic mass is 79.9. The molecule has 1 aromatic carbocycles. The van der Waals surface area contributed by atoms with E-state index in [1.807, 2.05) is 0 Å². The molecule has 0 N–H and O–H groups in total. The van der Waals surface area contributed by atoms with E-state index < -0.39 is 26.6 Å². The van der Waals surface area contributed by atoms with E-state index in [0.29, 0.717) is 6.07 Å². The van der Waals surface area contributed by atoms with Crippen molar-refractivity contribution < 1.29 is 17.2 Å². The quantitative estimate of drug-likeness (QED) is 0.754. The van der Waals surface area contributed by atoms with Crippen molar-refractivity contribution in [3.05, 3.63) is 28.2 Å². The first-order valence-corrected chi connectivity index (χ1v) is 8.17. The predicted octanol–water partition coefficient (Wildman–Crippen LogP) is 2.76. The molecule has 1 aliphatic carbocycles. The maximum Gasteiger partial charge on any atom is 0.248 e. The van der Waals surface area contributed by atoms with Gasteiger partial charge in [-0.05, 0) is 40.8 Å². The van der Waals surface area contributed by atoms with E-state index in [9.17, 15) is 17.2 Å². The van der Waals surface area contributed by atoms with Crippen LogP contribution in [0.25, 0.3) is 0 Å². The van der Waals surface area contributed by atoms with Crippen LogP contribution in [-0.2, 0) is 10.0 Å². The Morgan fingerprint density at radius 2 is 2.05 bits per heavy atom. The van der Waals surface area contributed by atoms with Gasteiger partial charge >= 0.3 is 0 Å². The molecule has 1 saturated carbocycles. The molecule has 1 aliphatic rings. The van der Waals surface area contributed by atoms with E-state index in [2.05, 4.69) is 21.9 Å². The lowest BCUT2D eigenvalue weighted by Crippen LogP contribution is -2.34. The summed E-state index contributed by atoms with van der Waals surface area (Å²) in [6.07, 6.45) is 7.05. The number of nitrogens with zero attached hydrogens (tertiary/aromatic N) is 1. The Bertz CT molecular complexity index is 642. The zero-order valence-electron chi connectivity index (χ0n) is 10.4. The number of halogens is 3. The Morgan fingerprint density at radius 3 is 2.55 bits per heavy atom. The molecule has 20 heavy (non-hydrogen) atoms. The van der Waals surface area contributed by atoms with E-state index in [1.54, 1.807) is 0 Å². The highest BCUT2D eigenvalue weighted by Crippen LogP contribution is 2.34. The molecule has 0 aromatic heterocycles. The third-order valence-electron chi connectivity index (χ3n) is 2.99. The minimum atomic E-state index is -4.09. The van der Waals surface area contributed by atoms with Crippen LogP contribution < -0.4 is 0 Å². The van der Waals surface area contributed by atoms with Gasteiger partial charge in [0.1, 0.15) is 16.5 Å². The molecule has 3 nitrogen and oxygen atoms in total. The van der Waals surface area contributed by atoms with Gasteiger partial charge in [0, 0.05) is 17.1 Å². The number of hydrogen-bond acceptors (Lipinski definition) is 2. The van der Waals surface area contributed by atoms with Crippen LogP contribution in [0.2, 0.25) is 0 Å². The fourth-order valence-corrected chi connectivity index (χ4v) is 4.38. The van der Waals surface area contributed by atoms with E-state index in [0.717, 1.165) is 23.2 Å². The molecular formula is C13H12BrF2NO2S. The van der Waals surface area contributed by atoms with Crippen LogP contribution >= 0.6 is 15.9 Å². The minimum absolute atomic E-state index is 0.137. The molecule has 0 aliphatic heterocycles. The number of terminal acetylenes is 1. The number of sulfonamides is 1. The van der Waals surface area contributed by atoms with Gasteiger partial charge in [-0.15, -0.1) is 6.42 Å². The summed E-state index contributed by atoms with van der Waals surface area (Å²) in [5, 5.41) is 0. The minimum Gasteiger partial charge on any atom is -0.207 e. The molecule has 7 heteroatoms. The van der Waals surface area contributed by atoms with Gasteiger partial charge in [0.25, 0.3) is 0 Å². The Hall–Kier alpha value is -0.970. The van der Waals surface area contributed by atoms with Crippen molar-refractivity contribution in [1.29, 1.82) is 0 Å². The van der Waals surface area contributed by atoms with Crippen molar-refractivity contribution in [3.63, 3.8) is 0 Å². The van der Waals surface area contributed by atoms with Gasteiger partial charge in [-0.25, -0.2) is 17.2 Å². The van der Waals surface area contributed by atoms with Crippen LogP contribution in [0.1, 0.15) is 12.8 Å². The standard InChI is InChI=1S/C13H12BrF2NO2S/c1-2-5-17(8-9-3-4-9)20(18,19)13-11(14)6-10(15)7-12(13)16/h1,6-7,9H,3-5,8H2. The lowest BCUT2D eigenvalue weighted by Gasteiger charge is -2.20. The molecule has 0 amide bonds. The molecule has 2 rings (SSSR count). The predicted molar refractivity (Wildman–Crippen MR) is 74.4 cm³/mol. The Labute approximate surface area is 125 Å². The lowest BCUT2D eigenvalue weighted by atomic mass is 10.3. The van der Waals surface area contributed by atoms with Crippen LogP contribution in [0.15, 0.2) is 21.5 Å². The summed E-state index contributed by atoms with van der Waals surface area (Å²) in [5.74, 6) is 0.548. The average Bonchev–Trinajstić information content (AvgIpc) is 3.10. The third-order valence-corrected chi connectivity index (χ3v) is 5.76. The number of benzene rings is 1. The van der Waals surface area contributed by atoms with Gasteiger partial charge in [-0.3, -0.25) is 0 Å². The van der Waals surface area contributed by atoms with Crippen LogP contribution in [0, 0.1) is 29.9 Å². The van der Waals surface area contributed by atoms with Crippen molar-refractivity contribution in [3.8, 4) is 12.3 Å². The summed E-state index contributed by atoms with van der Waals surface area (Å²) in [7, 11) is -4.09. The summed E-state index contributed by atoms with van der Waals surface area (Å²) in [6.45, 7) is 0.123. The van der Waals surface area contributed by atoms with E-state index in [-0.39, 0.29) is 23.5 Å². The zero-order chi connectivity index (χ0) is 14.9. The molecule has 0 atom stereocenters. The fraction of sp³-hybridized carbons (Fsp3) is 0.385. The van der Waals surface area contributed by atoms with Crippen molar-refractivity contribution in [1.82, 2.24) is 4.31 Å². The van der Waals surface area contributed by atoms with Crippen LogP contribution in [0.4, 0.5) is 8.78 Å².